The molecule has 0 spiro atoms. The summed E-state index contributed by atoms with van der Waals surface area (Å²) in [5, 5.41) is 26.8. The van der Waals surface area contributed by atoms with Crippen molar-refractivity contribution < 1.29 is 9.26 Å². The maximum Gasteiger partial charge on any atom is 0.240 e. The molecule has 0 aliphatic heterocycles. The van der Waals surface area contributed by atoms with Gasteiger partial charge in [0.15, 0.2) is 11.3 Å². The van der Waals surface area contributed by atoms with Gasteiger partial charge in [-0.1, -0.05) is 28.6 Å². The van der Waals surface area contributed by atoms with Gasteiger partial charge >= 0.3 is 0 Å². The molecule has 0 atom stereocenters. The molecule has 4 aromatic heterocycles. The summed E-state index contributed by atoms with van der Waals surface area (Å²) in [5.41, 5.74) is 1.88. The van der Waals surface area contributed by atoms with E-state index < -0.39 is 0 Å². The molecule has 4 heterocycles. The SMILES string of the molecule is Cc1cc(-c2nnc3c4ccccc4c(OCc4cn(C)nn4)nn23)no1.Cl. The molecule has 0 aliphatic rings. The molecule has 5 rings (SSSR count). The van der Waals surface area contributed by atoms with E-state index in [2.05, 4.69) is 30.8 Å². The number of aromatic nitrogens is 8. The van der Waals surface area contributed by atoms with Crippen molar-refractivity contribution in [3.63, 3.8) is 0 Å². The predicted octanol–water partition coefficient (Wildman–Crippen LogP) is 2.37. The Balaban J connectivity index is 0.00000192. The number of benzene rings is 1. The van der Waals surface area contributed by atoms with E-state index in [1.165, 1.54) is 0 Å². The van der Waals surface area contributed by atoms with Gasteiger partial charge in [0, 0.05) is 23.9 Å². The molecule has 5 aromatic rings. The Bertz CT molecular complexity index is 1270. The first-order valence-corrected chi connectivity index (χ1v) is 8.25. The molecule has 1 aromatic carbocycles. The monoisotopic (exact) mass is 398 g/mol. The van der Waals surface area contributed by atoms with Gasteiger partial charge in [0.05, 0.1) is 6.20 Å². The fourth-order valence-electron chi connectivity index (χ4n) is 2.89. The molecule has 11 heteroatoms. The zero-order valence-electron chi connectivity index (χ0n) is 15.0. The van der Waals surface area contributed by atoms with Gasteiger partial charge in [0.25, 0.3) is 0 Å². The van der Waals surface area contributed by atoms with E-state index >= 15 is 0 Å². The van der Waals surface area contributed by atoms with E-state index in [1.807, 2.05) is 31.2 Å². The minimum atomic E-state index is 0. The van der Waals surface area contributed by atoms with Crippen LogP contribution < -0.4 is 4.74 Å². The average molecular weight is 399 g/mol. The standard InChI is InChI=1S/C17H14N8O2.ClH/c1-10-7-14(22-27-10)16-20-19-15-12-5-3-4-6-13(12)17(21-25(15)16)26-9-11-8-24(2)23-18-11;/h3-8H,9H2,1-2H3;1H. The Labute approximate surface area is 164 Å². The van der Waals surface area contributed by atoms with Crippen LogP contribution in [0.1, 0.15) is 11.5 Å². The Hall–Kier alpha value is -3.53. The first kappa shape index (κ1) is 17.9. The Morgan fingerprint density at radius 2 is 1.93 bits per heavy atom. The van der Waals surface area contributed by atoms with Crippen molar-refractivity contribution in [1.82, 2.24) is 40.0 Å². The third kappa shape index (κ3) is 2.93. The molecular weight excluding hydrogens is 384 g/mol. The van der Waals surface area contributed by atoms with Crippen molar-refractivity contribution in [2.45, 2.75) is 13.5 Å². The van der Waals surface area contributed by atoms with Gasteiger partial charge in [-0.25, -0.2) is 0 Å². The van der Waals surface area contributed by atoms with Crippen LogP contribution in [0.15, 0.2) is 41.1 Å². The number of rotatable bonds is 4. The highest BCUT2D eigenvalue weighted by atomic mass is 35.5. The largest absolute Gasteiger partial charge is 0.470 e. The molecule has 10 nitrogen and oxygen atoms in total. The summed E-state index contributed by atoms with van der Waals surface area (Å²) < 4.78 is 14.3. The van der Waals surface area contributed by atoms with Crippen LogP contribution in [-0.2, 0) is 13.7 Å². The summed E-state index contributed by atoms with van der Waals surface area (Å²) in [6.07, 6.45) is 1.79. The number of fused-ring (bicyclic) bond motifs is 3. The lowest BCUT2D eigenvalue weighted by Crippen LogP contribution is -2.03. The highest BCUT2D eigenvalue weighted by Crippen LogP contribution is 2.29. The molecule has 142 valence electrons. The van der Waals surface area contributed by atoms with E-state index in [9.17, 15) is 0 Å². The Morgan fingerprint density at radius 3 is 2.64 bits per heavy atom. The van der Waals surface area contributed by atoms with Gasteiger partial charge in [-0.15, -0.1) is 32.8 Å². The summed E-state index contributed by atoms with van der Waals surface area (Å²) >= 11 is 0. The van der Waals surface area contributed by atoms with Crippen molar-refractivity contribution in [3.8, 4) is 17.4 Å². The summed E-state index contributed by atoms with van der Waals surface area (Å²) in [5.74, 6) is 1.61. The second-order valence-corrected chi connectivity index (χ2v) is 6.10. The minimum Gasteiger partial charge on any atom is -0.470 e. The van der Waals surface area contributed by atoms with Gasteiger partial charge in [-0.3, -0.25) is 4.68 Å². The summed E-state index contributed by atoms with van der Waals surface area (Å²) in [6.45, 7) is 2.06. The van der Waals surface area contributed by atoms with Gasteiger partial charge in [0.1, 0.15) is 18.1 Å². The van der Waals surface area contributed by atoms with E-state index in [0.29, 0.717) is 34.5 Å². The third-order valence-corrected chi connectivity index (χ3v) is 4.09. The van der Waals surface area contributed by atoms with E-state index in [1.54, 1.807) is 28.5 Å². The topological polar surface area (TPSA) is 109 Å². The Morgan fingerprint density at radius 1 is 1.11 bits per heavy atom. The zero-order valence-corrected chi connectivity index (χ0v) is 15.8. The fourth-order valence-corrected chi connectivity index (χ4v) is 2.89. The molecule has 0 bridgehead atoms. The number of nitrogens with zero attached hydrogens (tertiary/aromatic N) is 8. The van der Waals surface area contributed by atoms with Crippen LogP contribution in [0.2, 0.25) is 0 Å². The lowest BCUT2D eigenvalue weighted by molar-refractivity contribution is 0.289. The van der Waals surface area contributed by atoms with Gasteiger partial charge in [0.2, 0.25) is 11.7 Å². The van der Waals surface area contributed by atoms with Crippen molar-refractivity contribution in [2.24, 2.45) is 7.05 Å². The van der Waals surface area contributed by atoms with Crippen molar-refractivity contribution in [2.75, 3.05) is 0 Å². The third-order valence-electron chi connectivity index (χ3n) is 4.09. The van der Waals surface area contributed by atoms with Crippen LogP contribution in [0.4, 0.5) is 0 Å². The zero-order chi connectivity index (χ0) is 18.4. The first-order chi connectivity index (χ1) is 13.2. The first-order valence-electron chi connectivity index (χ1n) is 8.25. The van der Waals surface area contributed by atoms with Crippen LogP contribution in [0, 0.1) is 6.92 Å². The lowest BCUT2D eigenvalue weighted by atomic mass is 10.2. The van der Waals surface area contributed by atoms with Crippen LogP contribution in [0.3, 0.4) is 0 Å². The van der Waals surface area contributed by atoms with Crippen molar-refractivity contribution in [1.29, 1.82) is 0 Å². The smallest absolute Gasteiger partial charge is 0.240 e. The molecule has 0 saturated heterocycles. The second-order valence-electron chi connectivity index (χ2n) is 6.10. The number of hydrogen-bond donors (Lipinski definition) is 0. The average Bonchev–Trinajstić information content (AvgIpc) is 3.39. The highest BCUT2D eigenvalue weighted by molar-refractivity contribution is 5.96. The van der Waals surface area contributed by atoms with Crippen LogP contribution in [0.5, 0.6) is 5.88 Å². The van der Waals surface area contributed by atoms with E-state index in [-0.39, 0.29) is 19.0 Å². The maximum atomic E-state index is 5.95. The summed E-state index contributed by atoms with van der Waals surface area (Å²) in [6, 6.07) is 9.53. The fraction of sp³-hybridized carbons (Fsp3) is 0.176. The highest BCUT2D eigenvalue weighted by Gasteiger charge is 2.18. The normalized spacial score (nSPS) is 11.1. The summed E-state index contributed by atoms with van der Waals surface area (Å²) in [4.78, 5) is 0. The molecule has 0 aliphatic carbocycles. The van der Waals surface area contributed by atoms with E-state index in [0.717, 1.165) is 10.8 Å². The minimum absolute atomic E-state index is 0. The molecule has 0 radical (unpaired) electrons. The molecule has 0 saturated carbocycles. The van der Waals surface area contributed by atoms with Crippen LogP contribution >= 0.6 is 12.4 Å². The summed E-state index contributed by atoms with van der Waals surface area (Å²) in [7, 11) is 1.81. The van der Waals surface area contributed by atoms with Crippen molar-refractivity contribution in [3.05, 3.63) is 48.0 Å². The van der Waals surface area contributed by atoms with E-state index in [4.69, 9.17) is 9.26 Å². The van der Waals surface area contributed by atoms with Gasteiger partial charge in [-0.2, -0.15) is 4.52 Å². The lowest BCUT2D eigenvalue weighted by Gasteiger charge is -2.08. The van der Waals surface area contributed by atoms with Crippen molar-refractivity contribution >= 4 is 28.8 Å². The quantitative estimate of drug-likeness (QED) is 0.454. The van der Waals surface area contributed by atoms with Gasteiger partial charge < -0.3 is 9.26 Å². The number of halogens is 1. The van der Waals surface area contributed by atoms with Crippen LogP contribution in [-0.4, -0.2) is 40.0 Å². The number of ether oxygens (including phenoxy) is 1. The molecule has 28 heavy (non-hydrogen) atoms. The molecular formula is C17H15ClN8O2. The maximum absolute atomic E-state index is 5.95. The molecule has 0 amide bonds. The molecule has 0 fully saturated rings. The Kier molecular flexibility index (Phi) is 4.40. The number of hydrogen-bond acceptors (Lipinski definition) is 8. The number of aryl methyl sites for hydroxylation is 2. The second kappa shape index (κ2) is 6.89. The predicted molar refractivity (Wildman–Crippen MR) is 101 cm³/mol. The van der Waals surface area contributed by atoms with Gasteiger partial charge in [-0.05, 0) is 13.0 Å². The molecule has 0 unspecified atom stereocenters. The van der Waals surface area contributed by atoms with Crippen LogP contribution in [0.25, 0.3) is 27.9 Å². The molecule has 0 N–H and O–H groups in total.